The molecule has 0 amide bonds. The van der Waals surface area contributed by atoms with Gasteiger partial charge < -0.3 is 10.8 Å². The minimum Gasteiger partial charge on any atom is -0.481 e. The Labute approximate surface area is 60.3 Å². The van der Waals surface area contributed by atoms with Crippen molar-refractivity contribution in [1.29, 1.82) is 0 Å². The van der Waals surface area contributed by atoms with E-state index in [2.05, 4.69) is 5.73 Å². The highest BCUT2D eigenvalue weighted by Gasteiger charge is 2.31. The molecule has 0 spiro atoms. The molecule has 3 N–H and O–H groups in total. The van der Waals surface area contributed by atoms with Crippen LogP contribution in [0.4, 0.5) is 13.2 Å². The molecule has 0 aliphatic carbocycles. The molecular weight excluding hydrogens is 163 g/mol. The topological polar surface area (TPSA) is 63.3 Å². The summed E-state index contributed by atoms with van der Waals surface area (Å²) in [4.78, 5) is 9.76. The third kappa shape index (κ3) is 4.24. The number of hydrogen-bond donors (Lipinski definition) is 2. The summed E-state index contributed by atoms with van der Waals surface area (Å²) in [7, 11) is 0. The summed E-state index contributed by atoms with van der Waals surface area (Å²) >= 11 is 0. The third-order valence-electron chi connectivity index (χ3n) is 0.824. The van der Waals surface area contributed by atoms with E-state index in [9.17, 15) is 18.0 Å². The molecule has 0 aliphatic heterocycles. The Bertz CT molecular complexity index is 185. The van der Waals surface area contributed by atoms with Crippen molar-refractivity contribution in [2.24, 2.45) is 5.73 Å². The zero-order valence-electron chi connectivity index (χ0n) is 5.35. The van der Waals surface area contributed by atoms with Crippen LogP contribution in [0.15, 0.2) is 11.8 Å². The summed E-state index contributed by atoms with van der Waals surface area (Å²) in [6.07, 6.45) is -4.93. The second-order valence-corrected chi connectivity index (χ2v) is 1.76. The van der Waals surface area contributed by atoms with E-state index < -0.39 is 24.3 Å². The van der Waals surface area contributed by atoms with Crippen LogP contribution in [-0.4, -0.2) is 17.3 Å². The Morgan fingerprint density at radius 2 is 2.00 bits per heavy atom. The Morgan fingerprint density at radius 3 is 2.27 bits per heavy atom. The highest BCUT2D eigenvalue weighted by Crippen LogP contribution is 2.21. The molecular formula is C5H6F3NO2. The highest BCUT2D eigenvalue weighted by molar-refractivity contribution is 5.68. The van der Waals surface area contributed by atoms with Gasteiger partial charge in [-0.05, 0) is 6.08 Å². The van der Waals surface area contributed by atoms with Crippen LogP contribution in [0, 0.1) is 0 Å². The maximum absolute atomic E-state index is 11.5. The van der Waals surface area contributed by atoms with Gasteiger partial charge >= 0.3 is 12.1 Å². The Balaban J connectivity index is 4.12. The number of nitrogens with two attached hydrogens (primary N) is 1. The summed E-state index contributed by atoms with van der Waals surface area (Å²) in [6, 6.07) is 0. The van der Waals surface area contributed by atoms with E-state index in [0.717, 1.165) is 0 Å². The lowest BCUT2D eigenvalue weighted by Crippen LogP contribution is -2.19. The Hall–Kier alpha value is -1.20. The monoisotopic (exact) mass is 169 g/mol. The van der Waals surface area contributed by atoms with Crippen molar-refractivity contribution < 1.29 is 23.1 Å². The minimum absolute atomic E-state index is 0.419. The molecule has 0 aliphatic rings. The maximum Gasteiger partial charge on any atom is 0.430 e. The molecule has 0 aromatic rings. The van der Waals surface area contributed by atoms with Gasteiger partial charge in [-0.25, -0.2) is 0 Å². The fourth-order valence-electron chi connectivity index (χ4n) is 0.313. The number of alkyl halides is 3. The van der Waals surface area contributed by atoms with E-state index >= 15 is 0 Å². The number of allylic oxidation sites excluding steroid dienone is 1. The summed E-state index contributed by atoms with van der Waals surface area (Å²) < 4.78 is 34.5. The molecule has 0 saturated carbocycles. The van der Waals surface area contributed by atoms with Crippen molar-refractivity contribution >= 4 is 5.97 Å². The largest absolute Gasteiger partial charge is 0.481 e. The molecule has 0 atom stereocenters. The lowest BCUT2D eigenvalue weighted by molar-refractivity contribution is -0.136. The maximum atomic E-state index is 11.5. The standard InChI is InChI=1S/C5H6F3NO2/c6-5(7,8)3(9)1-2-4(10)11/h1H,2,9H2,(H,10,11). The lowest BCUT2D eigenvalue weighted by atomic mass is 10.3. The number of hydrogen-bond acceptors (Lipinski definition) is 2. The van der Waals surface area contributed by atoms with Crippen LogP contribution in [-0.2, 0) is 4.79 Å². The van der Waals surface area contributed by atoms with Gasteiger partial charge in [-0.1, -0.05) is 0 Å². The van der Waals surface area contributed by atoms with Gasteiger partial charge in [0.05, 0.1) is 6.42 Å². The van der Waals surface area contributed by atoms with Gasteiger partial charge in [0.25, 0.3) is 0 Å². The van der Waals surface area contributed by atoms with Crippen LogP contribution < -0.4 is 5.73 Å². The first-order chi connectivity index (χ1) is 4.84. The molecule has 0 heterocycles. The highest BCUT2D eigenvalue weighted by atomic mass is 19.4. The van der Waals surface area contributed by atoms with Gasteiger partial charge in [0.15, 0.2) is 0 Å². The van der Waals surface area contributed by atoms with E-state index in [0.29, 0.717) is 6.08 Å². The Morgan fingerprint density at radius 1 is 1.55 bits per heavy atom. The molecule has 0 bridgehead atoms. The van der Waals surface area contributed by atoms with E-state index in [4.69, 9.17) is 5.11 Å². The van der Waals surface area contributed by atoms with Gasteiger partial charge in [0.2, 0.25) is 0 Å². The normalized spacial score (nSPS) is 13.2. The molecule has 6 heteroatoms. The molecule has 64 valence electrons. The summed E-state index contributed by atoms with van der Waals surface area (Å²) in [5, 5.41) is 7.96. The van der Waals surface area contributed by atoms with E-state index in [1.165, 1.54) is 0 Å². The van der Waals surface area contributed by atoms with Crippen molar-refractivity contribution in [2.75, 3.05) is 0 Å². The second-order valence-electron chi connectivity index (χ2n) is 1.76. The van der Waals surface area contributed by atoms with Crippen LogP contribution in [0.5, 0.6) is 0 Å². The molecule has 0 rings (SSSR count). The zero-order chi connectivity index (χ0) is 9.07. The third-order valence-corrected chi connectivity index (χ3v) is 0.824. The van der Waals surface area contributed by atoms with E-state index in [1.807, 2.05) is 0 Å². The van der Waals surface area contributed by atoms with Crippen molar-refractivity contribution in [1.82, 2.24) is 0 Å². The van der Waals surface area contributed by atoms with Crippen LogP contribution in [0.3, 0.4) is 0 Å². The first-order valence-electron chi connectivity index (χ1n) is 2.58. The van der Waals surface area contributed by atoms with Crippen LogP contribution >= 0.6 is 0 Å². The van der Waals surface area contributed by atoms with Gasteiger partial charge in [-0.15, -0.1) is 0 Å². The summed E-state index contributed by atoms with van der Waals surface area (Å²) in [6.45, 7) is 0. The van der Waals surface area contributed by atoms with E-state index in [1.54, 1.807) is 0 Å². The van der Waals surface area contributed by atoms with Crippen molar-refractivity contribution in [2.45, 2.75) is 12.6 Å². The van der Waals surface area contributed by atoms with Crippen LogP contribution in [0.1, 0.15) is 6.42 Å². The number of carboxylic acids is 1. The molecule has 0 unspecified atom stereocenters. The molecule has 0 aromatic heterocycles. The average molecular weight is 169 g/mol. The number of halogens is 3. The average Bonchev–Trinajstić information content (AvgIpc) is 1.80. The van der Waals surface area contributed by atoms with Crippen LogP contribution in [0.2, 0.25) is 0 Å². The number of aliphatic carboxylic acids is 1. The number of carbonyl (C=O) groups is 1. The zero-order valence-corrected chi connectivity index (χ0v) is 5.35. The molecule has 3 nitrogen and oxygen atoms in total. The van der Waals surface area contributed by atoms with Crippen molar-refractivity contribution in [3.8, 4) is 0 Å². The molecule has 0 saturated heterocycles. The second kappa shape index (κ2) is 3.27. The van der Waals surface area contributed by atoms with Crippen molar-refractivity contribution in [3.05, 3.63) is 11.8 Å². The molecule has 11 heavy (non-hydrogen) atoms. The fourth-order valence-corrected chi connectivity index (χ4v) is 0.313. The lowest BCUT2D eigenvalue weighted by Gasteiger charge is -2.04. The van der Waals surface area contributed by atoms with E-state index in [-0.39, 0.29) is 0 Å². The summed E-state index contributed by atoms with van der Waals surface area (Å²) in [5.74, 6) is -1.35. The number of rotatable bonds is 2. The fraction of sp³-hybridized carbons (Fsp3) is 0.400. The predicted octanol–water partition coefficient (Wildman–Crippen LogP) is 0.866. The van der Waals surface area contributed by atoms with Gasteiger partial charge in [0.1, 0.15) is 5.70 Å². The summed E-state index contributed by atoms with van der Waals surface area (Å²) in [5.41, 5.74) is 3.10. The van der Waals surface area contributed by atoms with Gasteiger partial charge in [-0.3, -0.25) is 4.79 Å². The quantitative estimate of drug-likeness (QED) is 0.644. The minimum atomic E-state index is -4.63. The van der Waals surface area contributed by atoms with Crippen LogP contribution in [0.25, 0.3) is 0 Å². The Kier molecular flexibility index (Phi) is 2.91. The van der Waals surface area contributed by atoms with Crippen molar-refractivity contribution in [3.63, 3.8) is 0 Å². The van der Waals surface area contributed by atoms with Gasteiger partial charge in [0, 0.05) is 0 Å². The molecule has 0 radical (unpaired) electrons. The first kappa shape index (κ1) is 9.80. The number of carboxylic acid groups (broad SMARTS) is 1. The van der Waals surface area contributed by atoms with Gasteiger partial charge in [-0.2, -0.15) is 13.2 Å². The predicted molar refractivity (Wildman–Crippen MR) is 30.6 cm³/mol. The smallest absolute Gasteiger partial charge is 0.430 e. The molecule has 0 fully saturated rings. The molecule has 0 aromatic carbocycles. The first-order valence-corrected chi connectivity index (χ1v) is 2.58. The SMILES string of the molecule is NC(=CCC(=O)O)C(F)(F)F.